The molecule has 1 rings (SSSR count). The molecule has 0 aromatic heterocycles. The minimum atomic E-state index is -4.57. The Morgan fingerprint density at radius 3 is 2.12 bits per heavy atom. The van der Waals surface area contributed by atoms with E-state index in [2.05, 4.69) is 0 Å². The molecule has 2 atom stereocenters. The minimum absolute atomic E-state index is 0.0128. The highest BCUT2D eigenvalue weighted by Gasteiger charge is 2.51. The zero-order valence-electron chi connectivity index (χ0n) is 8.92. The molecule has 0 N–H and O–H groups in total. The molecule has 0 bridgehead atoms. The Hall–Kier alpha value is -0.460. The second-order valence-corrected chi connectivity index (χ2v) is 5.77. The molecule has 1 aliphatic rings. The molecule has 1 amide bonds. The van der Waals surface area contributed by atoms with E-state index >= 15 is 0 Å². The average molecular weight is 259 g/mol. The van der Waals surface area contributed by atoms with Crippen LogP contribution in [0.5, 0.6) is 0 Å². The second kappa shape index (κ2) is 4.81. The molecule has 2 unspecified atom stereocenters. The Kier molecular flexibility index (Phi) is 4.09. The summed E-state index contributed by atoms with van der Waals surface area (Å²) in [4.78, 5) is 12.1. The van der Waals surface area contributed by atoms with Crippen LogP contribution in [-0.2, 0) is 4.79 Å². The van der Waals surface area contributed by atoms with E-state index in [9.17, 15) is 22.4 Å². The largest absolute Gasteiger partial charge is 0.383 e. The quantitative estimate of drug-likeness (QED) is 0.709. The monoisotopic (exact) mass is 259 g/mol. The summed E-state index contributed by atoms with van der Waals surface area (Å²) in [7, 11) is 0. The predicted molar refractivity (Wildman–Crippen MR) is 54.0 cm³/mol. The van der Waals surface area contributed by atoms with Crippen molar-refractivity contribution in [3.05, 3.63) is 0 Å². The van der Waals surface area contributed by atoms with Gasteiger partial charge in [-0.05, 0) is 0 Å². The van der Waals surface area contributed by atoms with Crippen molar-refractivity contribution < 1.29 is 22.4 Å². The number of halogens is 4. The van der Waals surface area contributed by atoms with Gasteiger partial charge in [0.05, 0.1) is 0 Å². The van der Waals surface area contributed by atoms with E-state index in [0.717, 1.165) is 4.90 Å². The summed E-state index contributed by atoms with van der Waals surface area (Å²) in [6, 6.07) is 0. The van der Waals surface area contributed by atoms with Gasteiger partial charge in [0.15, 0.2) is 0 Å². The van der Waals surface area contributed by atoms with Gasteiger partial charge in [0, 0.05) is 23.6 Å². The van der Waals surface area contributed by atoms with Crippen LogP contribution in [0.2, 0.25) is 0 Å². The summed E-state index contributed by atoms with van der Waals surface area (Å²) >= 11 is 1.56. The standard InChI is InChI=1S/C9H13F4NOS/c1-5-3-14(4-6(2)16-5)8(15)9(12,13)7(10)11/h5-7H,3-4H2,1-2H3. The first-order valence-corrected chi connectivity index (χ1v) is 5.80. The van der Waals surface area contributed by atoms with E-state index in [1.165, 1.54) is 0 Å². The first-order valence-electron chi connectivity index (χ1n) is 4.86. The molecular formula is C9H13F4NOS. The van der Waals surface area contributed by atoms with Crippen LogP contribution in [0.15, 0.2) is 0 Å². The summed E-state index contributed by atoms with van der Waals surface area (Å²) in [5, 5.41) is -0.0256. The first-order chi connectivity index (χ1) is 7.25. The third kappa shape index (κ3) is 2.81. The van der Waals surface area contributed by atoms with Crippen LogP contribution >= 0.6 is 11.8 Å². The third-order valence-electron chi connectivity index (χ3n) is 2.27. The van der Waals surface area contributed by atoms with Crippen molar-refractivity contribution in [1.29, 1.82) is 0 Å². The fourth-order valence-corrected chi connectivity index (χ4v) is 2.97. The van der Waals surface area contributed by atoms with Crippen LogP contribution in [0.4, 0.5) is 17.6 Å². The van der Waals surface area contributed by atoms with E-state index in [0.29, 0.717) is 0 Å². The van der Waals surface area contributed by atoms with Gasteiger partial charge in [-0.2, -0.15) is 20.5 Å². The maximum absolute atomic E-state index is 12.8. The fraction of sp³-hybridized carbons (Fsp3) is 0.889. The number of rotatable bonds is 2. The number of carbonyl (C=O) groups is 1. The van der Waals surface area contributed by atoms with Crippen LogP contribution in [0, 0.1) is 0 Å². The van der Waals surface area contributed by atoms with Gasteiger partial charge in [0.1, 0.15) is 0 Å². The maximum atomic E-state index is 12.8. The summed E-state index contributed by atoms with van der Waals surface area (Å²) in [5.41, 5.74) is 0. The number of carbonyl (C=O) groups excluding carboxylic acids is 1. The normalized spacial score (nSPS) is 27.3. The highest BCUT2D eigenvalue weighted by molar-refractivity contribution is 8.00. The summed E-state index contributed by atoms with van der Waals surface area (Å²) in [6.07, 6.45) is -3.94. The van der Waals surface area contributed by atoms with Crippen molar-refractivity contribution >= 4 is 17.7 Å². The zero-order valence-corrected chi connectivity index (χ0v) is 9.74. The molecule has 94 valence electrons. The molecule has 0 aromatic rings. The molecule has 0 spiro atoms. The van der Waals surface area contributed by atoms with Crippen LogP contribution in [0.25, 0.3) is 0 Å². The summed E-state index contributed by atoms with van der Waals surface area (Å²) in [5.74, 6) is -6.33. The molecule has 7 heteroatoms. The third-order valence-corrected chi connectivity index (χ3v) is 3.49. The lowest BCUT2D eigenvalue weighted by molar-refractivity contribution is -0.180. The van der Waals surface area contributed by atoms with Crippen molar-refractivity contribution in [2.24, 2.45) is 0 Å². The van der Waals surface area contributed by atoms with Crippen molar-refractivity contribution in [3.63, 3.8) is 0 Å². The van der Waals surface area contributed by atoms with Crippen LogP contribution < -0.4 is 0 Å². The highest BCUT2D eigenvalue weighted by Crippen LogP contribution is 2.30. The van der Waals surface area contributed by atoms with Crippen molar-refractivity contribution in [3.8, 4) is 0 Å². The molecule has 0 aliphatic carbocycles. The second-order valence-electron chi connectivity index (χ2n) is 3.89. The van der Waals surface area contributed by atoms with E-state index in [1.807, 2.05) is 0 Å². The van der Waals surface area contributed by atoms with E-state index in [1.54, 1.807) is 25.6 Å². The van der Waals surface area contributed by atoms with E-state index in [-0.39, 0.29) is 23.6 Å². The zero-order chi connectivity index (χ0) is 12.5. The average Bonchev–Trinajstić information content (AvgIpc) is 2.14. The van der Waals surface area contributed by atoms with Gasteiger partial charge < -0.3 is 4.90 Å². The van der Waals surface area contributed by atoms with Crippen LogP contribution in [0.1, 0.15) is 13.8 Å². The van der Waals surface area contributed by atoms with Crippen molar-refractivity contribution in [2.45, 2.75) is 36.7 Å². The molecule has 1 aliphatic heterocycles. The van der Waals surface area contributed by atoms with Crippen molar-refractivity contribution in [2.75, 3.05) is 13.1 Å². The van der Waals surface area contributed by atoms with Gasteiger partial charge in [-0.25, -0.2) is 8.78 Å². The molecule has 1 fully saturated rings. The molecule has 0 radical (unpaired) electrons. The molecule has 2 nitrogen and oxygen atoms in total. The fourth-order valence-electron chi connectivity index (χ4n) is 1.65. The Bertz CT molecular complexity index is 264. The van der Waals surface area contributed by atoms with Crippen molar-refractivity contribution in [1.82, 2.24) is 4.90 Å². The molecule has 0 saturated carbocycles. The number of hydrogen-bond donors (Lipinski definition) is 0. The molecular weight excluding hydrogens is 246 g/mol. The van der Waals surface area contributed by atoms with E-state index in [4.69, 9.17) is 0 Å². The van der Waals surface area contributed by atoms with Gasteiger partial charge in [-0.3, -0.25) is 4.79 Å². The van der Waals surface area contributed by atoms with Gasteiger partial charge in [-0.1, -0.05) is 13.8 Å². The number of thioether (sulfide) groups is 1. The molecule has 1 saturated heterocycles. The summed E-state index contributed by atoms with van der Waals surface area (Å²) < 4.78 is 49.7. The molecule has 1 heterocycles. The topological polar surface area (TPSA) is 20.3 Å². The Labute approximate surface area is 95.4 Å². The molecule has 16 heavy (non-hydrogen) atoms. The van der Waals surface area contributed by atoms with Gasteiger partial charge in [0.25, 0.3) is 5.91 Å². The van der Waals surface area contributed by atoms with Gasteiger partial charge in [-0.15, -0.1) is 0 Å². The lowest BCUT2D eigenvalue weighted by Crippen LogP contribution is -2.53. The number of amides is 1. The first kappa shape index (κ1) is 13.6. The SMILES string of the molecule is CC1CN(C(=O)C(F)(F)C(F)F)CC(C)S1. The maximum Gasteiger partial charge on any atom is 0.383 e. The Morgan fingerprint density at radius 1 is 1.31 bits per heavy atom. The van der Waals surface area contributed by atoms with Crippen LogP contribution in [-0.4, -0.2) is 46.7 Å². The van der Waals surface area contributed by atoms with Gasteiger partial charge >= 0.3 is 12.3 Å². The number of alkyl halides is 4. The van der Waals surface area contributed by atoms with E-state index < -0.39 is 18.3 Å². The number of hydrogen-bond acceptors (Lipinski definition) is 2. The lowest BCUT2D eigenvalue weighted by Gasteiger charge is -2.36. The predicted octanol–water partition coefficient (Wildman–Crippen LogP) is 2.24. The Balaban J connectivity index is 2.74. The summed E-state index contributed by atoms with van der Waals surface area (Å²) in [6.45, 7) is 3.74. The Morgan fingerprint density at radius 2 is 1.75 bits per heavy atom. The van der Waals surface area contributed by atoms with Gasteiger partial charge in [0.2, 0.25) is 0 Å². The minimum Gasteiger partial charge on any atom is -0.335 e. The molecule has 0 aromatic carbocycles. The number of nitrogens with zero attached hydrogens (tertiary/aromatic N) is 1. The lowest BCUT2D eigenvalue weighted by atomic mass is 10.2. The highest BCUT2D eigenvalue weighted by atomic mass is 32.2. The van der Waals surface area contributed by atoms with Crippen LogP contribution in [0.3, 0.4) is 0 Å². The smallest absolute Gasteiger partial charge is 0.335 e.